The number of carbonyl (C=O) groups excluding carboxylic acids is 1. The number of hydrogen-bond acceptors (Lipinski definition) is 6. The number of methoxy groups -OCH3 is 1. The van der Waals surface area contributed by atoms with Crippen LogP contribution >= 0.6 is 11.8 Å². The number of benzene rings is 3. The molecule has 1 aromatic heterocycles. The Hall–Kier alpha value is -3.78. The van der Waals surface area contributed by atoms with E-state index in [4.69, 9.17) is 4.74 Å². The van der Waals surface area contributed by atoms with Crippen LogP contribution in [-0.2, 0) is 4.79 Å². The summed E-state index contributed by atoms with van der Waals surface area (Å²) in [5, 5.41) is 21.7. The Balaban J connectivity index is 1.66. The standard InChI is InChI=1S/C26H26N4O3S/c1-16-6-5-7-17(2)23(16)27-25(32)18(3)34-26-29-28-24(19-8-12-21(31)13-9-19)30(26)20-10-14-22(33-4)15-11-20/h5-15,18,31H,1-4H3,(H,27,32)/t18-/m0/s1. The Labute approximate surface area is 202 Å². The summed E-state index contributed by atoms with van der Waals surface area (Å²) in [7, 11) is 1.62. The fourth-order valence-electron chi connectivity index (χ4n) is 3.56. The third-order valence-electron chi connectivity index (χ3n) is 5.47. The molecule has 3 aromatic carbocycles. The third-order valence-corrected chi connectivity index (χ3v) is 6.51. The number of aromatic hydroxyl groups is 1. The number of phenols is 1. The largest absolute Gasteiger partial charge is 0.508 e. The minimum absolute atomic E-state index is 0.113. The summed E-state index contributed by atoms with van der Waals surface area (Å²) in [6.45, 7) is 5.80. The lowest BCUT2D eigenvalue weighted by Crippen LogP contribution is -2.23. The number of ether oxygens (including phenoxy) is 1. The molecule has 0 radical (unpaired) electrons. The van der Waals surface area contributed by atoms with Crippen molar-refractivity contribution in [3.05, 3.63) is 77.9 Å². The second-order valence-corrected chi connectivity index (χ2v) is 9.21. The molecule has 1 atom stereocenters. The van der Waals surface area contributed by atoms with E-state index in [0.717, 1.165) is 33.8 Å². The van der Waals surface area contributed by atoms with E-state index < -0.39 is 5.25 Å². The summed E-state index contributed by atoms with van der Waals surface area (Å²) >= 11 is 1.33. The Bertz CT molecular complexity index is 1280. The maximum absolute atomic E-state index is 13.0. The van der Waals surface area contributed by atoms with Crippen molar-refractivity contribution in [1.82, 2.24) is 14.8 Å². The SMILES string of the molecule is COc1ccc(-n2c(S[C@@H](C)C(=O)Nc3c(C)cccc3C)nnc2-c2ccc(O)cc2)cc1. The molecule has 8 heteroatoms. The van der Waals surface area contributed by atoms with Crippen LogP contribution < -0.4 is 10.1 Å². The maximum atomic E-state index is 13.0. The molecule has 0 saturated carbocycles. The predicted molar refractivity (Wildman–Crippen MR) is 135 cm³/mol. The van der Waals surface area contributed by atoms with Crippen molar-refractivity contribution < 1.29 is 14.6 Å². The summed E-state index contributed by atoms with van der Waals surface area (Å²) in [5.74, 6) is 1.40. The fraction of sp³-hybridized carbons (Fsp3) is 0.192. The van der Waals surface area contributed by atoms with Gasteiger partial charge in [0.05, 0.1) is 12.4 Å². The summed E-state index contributed by atoms with van der Waals surface area (Å²) in [4.78, 5) is 13.0. The number of thioether (sulfide) groups is 1. The van der Waals surface area contributed by atoms with Crippen LogP contribution in [0.1, 0.15) is 18.1 Å². The minimum Gasteiger partial charge on any atom is -0.508 e. The molecule has 0 aliphatic heterocycles. The zero-order chi connectivity index (χ0) is 24.2. The molecule has 1 heterocycles. The van der Waals surface area contributed by atoms with E-state index in [0.29, 0.717) is 11.0 Å². The van der Waals surface area contributed by atoms with E-state index in [-0.39, 0.29) is 11.7 Å². The molecule has 174 valence electrons. The highest BCUT2D eigenvalue weighted by Gasteiger charge is 2.23. The Kier molecular flexibility index (Phi) is 6.88. The number of nitrogens with one attached hydrogen (secondary N) is 1. The van der Waals surface area contributed by atoms with E-state index in [9.17, 15) is 9.90 Å². The van der Waals surface area contributed by atoms with Gasteiger partial charge in [-0.2, -0.15) is 0 Å². The first-order valence-electron chi connectivity index (χ1n) is 10.8. The van der Waals surface area contributed by atoms with Gasteiger partial charge in [-0.25, -0.2) is 0 Å². The molecule has 0 aliphatic carbocycles. The highest BCUT2D eigenvalue weighted by molar-refractivity contribution is 8.00. The molecule has 4 aromatic rings. The highest BCUT2D eigenvalue weighted by atomic mass is 32.2. The number of para-hydroxylation sites is 1. The van der Waals surface area contributed by atoms with Crippen LogP contribution in [0.2, 0.25) is 0 Å². The first-order valence-corrected chi connectivity index (χ1v) is 11.7. The molecular formula is C26H26N4O3S. The van der Waals surface area contributed by atoms with Crippen LogP contribution in [0.5, 0.6) is 11.5 Å². The summed E-state index contributed by atoms with van der Waals surface area (Å²) in [6, 6.07) is 20.3. The van der Waals surface area contributed by atoms with Crippen molar-refractivity contribution in [2.75, 3.05) is 12.4 Å². The van der Waals surface area contributed by atoms with Gasteiger partial charge in [-0.05, 0) is 80.4 Å². The Morgan fingerprint density at radius 1 is 1.00 bits per heavy atom. The molecule has 0 fully saturated rings. The topological polar surface area (TPSA) is 89.3 Å². The molecule has 34 heavy (non-hydrogen) atoms. The van der Waals surface area contributed by atoms with Crippen molar-refractivity contribution in [1.29, 1.82) is 0 Å². The zero-order valence-electron chi connectivity index (χ0n) is 19.4. The zero-order valence-corrected chi connectivity index (χ0v) is 20.3. The van der Waals surface area contributed by atoms with E-state index in [1.165, 1.54) is 11.8 Å². The molecule has 2 N–H and O–H groups in total. The quantitative estimate of drug-likeness (QED) is 0.349. The van der Waals surface area contributed by atoms with Crippen molar-refractivity contribution in [2.45, 2.75) is 31.2 Å². The van der Waals surface area contributed by atoms with Crippen LogP contribution in [0.15, 0.2) is 71.9 Å². The average Bonchev–Trinajstić information content (AvgIpc) is 3.25. The molecular weight excluding hydrogens is 448 g/mol. The van der Waals surface area contributed by atoms with Crippen LogP contribution in [0.4, 0.5) is 5.69 Å². The van der Waals surface area contributed by atoms with Gasteiger partial charge in [0, 0.05) is 16.9 Å². The van der Waals surface area contributed by atoms with Crippen LogP contribution in [0, 0.1) is 13.8 Å². The lowest BCUT2D eigenvalue weighted by molar-refractivity contribution is -0.115. The highest BCUT2D eigenvalue weighted by Crippen LogP contribution is 2.32. The second-order valence-electron chi connectivity index (χ2n) is 7.90. The first kappa shape index (κ1) is 23.4. The monoisotopic (exact) mass is 474 g/mol. The van der Waals surface area contributed by atoms with Crippen molar-refractivity contribution in [3.63, 3.8) is 0 Å². The van der Waals surface area contributed by atoms with Gasteiger partial charge >= 0.3 is 0 Å². The van der Waals surface area contributed by atoms with Crippen LogP contribution in [-0.4, -0.2) is 38.1 Å². The van der Waals surface area contributed by atoms with Gasteiger partial charge in [0.15, 0.2) is 11.0 Å². The molecule has 0 unspecified atom stereocenters. The lowest BCUT2D eigenvalue weighted by atomic mass is 10.1. The molecule has 0 saturated heterocycles. The van der Waals surface area contributed by atoms with E-state index in [1.807, 2.05) is 67.8 Å². The maximum Gasteiger partial charge on any atom is 0.237 e. The van der Waals surface area contributed by atoms with E-state index >= 15 is 0 Å². The molecule has 0 aliphatic rings. The molecule has 4 rings (SSSR count). The number of amides is 1. The number of anilines is 1. The summed E-state index contributed by atoms with van der Waals surface area (Å²) in [5.41, 5.74) is 4.49. The number of carbonyl (C=O) groups is 1. The van der Waals surface area contributed by atoms with Gasteiger partial charge in [0.1, 0.15) is 11.5 Å². The Morgan fingerprint density at radius 3 is 2.26 bits per heavy atom. The van der Waals surface area contributed by atoms with Crippen LogP contribution in [0.25, 0.3) is 17.1 Å². The summed E-state index contributed by atoms with van der Waals surface area (Å²) < 4.78 is 7.19. The average molecular weight is 475 g/mol. The fourth-order valence-corrected chi connectivity index (χ4v) is 4.42. The summed E-state index contributed by atoms with van der Waals surface area (Å²) in [6.07, 6.45) is 0. The molecule has 0 bridgehead atoms. The van der Waals surface area contributed by atoms with Gasteiger partial charge in [0.2, 0.25) is 5.91 Å². The second kappa shape index (κ2) is 10.0. The molecule has 1 amide bonds. The van der Waals surface area contributed by atoms with Gasteiger partial charge in [-0.1, -0.05) is 30.0 Å². The number of hydrogen-bond donors (Lipinski definition) is 2. The van der Waals surface area contributed by atoms with Crippen molar-refractivity contribution >= 4 is 23.4 Å². The van der Waals surface area contributed by atoms with Gasteiger partial charge in [-0.3, -0.25) is 9.36 Å². The minimum atomic E-state index is -0.423. The first-order chi connectivity index (χ1) is 16.4. The third kappa shape index (κ3) is 4.92. The normalized spacial score (nSPS) is 11.8. The number of aromatic nitrogens is 3. The van der Waals surface area contributed by atoms with Crippen LogP contribution in [0.3, 0.4) is 0 Å². The van der Waals surface area contributed by atoms with Gasteiger partial charge in [-0.15, -0.1) is 10.2 Å². The van der Waals surface area contributed by atoms with Crippen molar-refractivity contribution in [3.8, 4) is 28.6 Å². The molecule has 7 nitrogen and oxygen atoms in total. The number of nitrogens with zero attached hydrogens (tertiary/aromatic N) is 3. The molecule has 0 spiro atoms. The lowest BCUT2D eigenvalue weighted by Gasteiger charge is -2.16. The number of phenolic OH excluding ortho intramolecular Hbond substituents is 1. The van der Waals surface area contributed by atoms with E-state index in [2.05, 4.69) is 15.5 Å². The predicted octanol–water partition coefficient (Wildman–Crippen LogP) is 5.38. The number of rotatable bonds is 7. The Morgan fingerprint density at radius 2 is 1.65 bits per heavy atom. The number of aryl methyl sites for hydroxylation is 2. The van der Waals surface area contributed by atoms with Crippen molar-refractivity contribution in [2.24, 2.45) is 0 Å². The van der Waals surface area contributed by atoms with Gasteiger partial charge < -0.3 is 15.2 Å². The smallest absolute Gasteiger partial charge is 0.237 e. The van der Waals surface area contributed by atoms with E-state index in [1.54, 1.807) is 31.4 Å². The van der Waals surface area contributed by atoms with Gasteiger partial charge in [0.25, 0.3) is 0 Å².